The number of ether oxygens (including phenoxy) is 2. The number of benzene rings is 2. The van der Waals surface area contributed by atoms with Crippen molar-refractivity contribution >= 4 is 39.2 Å². The number of nitrogens with one attached hydrogen (secondary N) is 1. The van der Waals surface area contributed by atoms with Crippen molar-refractivity contribution in [1.29, 1.82) is 0 Å². The topological polar surface area (TPSA) is 102 Å². The Morgan fingerprint density at radius 2 is 1.76 bits per heavy atom. The van der Waals surface area contributed by atoms with Crippen LogP contribution in [-0.2, 0) is 30.8 Å². The summed E-state index contributed by atoms with van der Waals surface area (Å²) >= 11 is 6.22. The number of piperidine rings is 1. The molecule has 1 heterocycles. The summed E-state index contributed by atoms with van der Waals surface area (Å²) in [6, 6.07) is 11.1. The predicted molar refractivity (Wildman–Crippen MR) is 125 cm³/mol. The molecule has 1 aliphatic rings. The lowest BCUT2D eigenvalue weighted by molar-refractivity contribution is -0.142. The Balaban J connectivity index is 1.54. The lowest BCUT2D eigenvalue weighted by atomic mass is 10.1. The molecule has 0 atom stereocenters. The molecule has 3 rings (SSSR count). The Morgan fingerprint density at radius 3 is 2.39 bits per heavy atom. The summed E-state index contributed by atoms with van der Waals surface area (Å²) in [6.45, 7) is 2.78. The van der Waals surface area contributed by atoms with Crippen molar-refractivity contribution in [2.75, 3.05) is 31.6 Å². The van der Waals surface area contributed by atoms with Crippen molar-refractivity contribution in [3.8, 4) is 5.75 Å². The van der Waals surface area contributed by atoms with Crippen LogP contribution in [0.15, 0.2) is 47.4 Å². The van der Waals surface area contributed by atoms with Gasteiger partial charge < -0.3 is 14.8 Å². The van der Waals surface area contributed by atoms with E-state index in [4.69, 9.17) is 21.1 Å². The van der Waals surface area contributed by atoms with Crippen LogP contribution in [0.2, 0.25) is 5.02 Å². The van der Waals surface area contributed by atoms with Crippen LogP contribution in [0.1, 0.15) is 31.7 Å². The van der Waals surface area contributed by atoms with Crippen molar-refractivity contribution in [1.82, 2.24) is 4.31 Å². The first-order valence-corrected chi connectivity index (χ1v) is 12.6. The lowest BCUT2D eigenvalue weighted by Crippen LogP contribution is -2.35. The molecule has 0 saturated carbocycles. The Kier molecular flexibility index (Phi) is 8.71. The summed E-state index contributed by atoms with van der Waals surface area (Å²) in [7, 11) is -3.60. The molecule has 33 heavy (non-hydrogen) atoms. The van der Waals surface area contributed by atoms with E-state index in [1.165, 1.54) is 22.5 Å². The average Bonchev–Trinajstić information content (AvgIpc) is 2.80. The summed E-state index contributed by atoms with van der Waals surface area (Å²) in [4.78, 5) is 23.9. The van der Waals surface area contributed by atoms with Gasteiger partial charge in [0.1, 0.15) is 5.75 Å². The van der Waals surface area contributed by atoms with Crippen molar-refractivity contribution < 1.29 is 27.5 Å². The first-order chi connectivity index (χ1) is 15.8. The summed E-state index contributed by atoms with van der Waals surface area (Å²) in [6.07, 6.45) is 2.88. The third-order valence-corrected chi connectivity index (χ3v) is 7.30. The molecule has 0 bridgehead atoms. The smallest absolute Gasteiger partial charge is 0.310 e. The fourth-order valence-corrected chi connectivity index (χ4v) is 5.28. The molecule has 0 aliphatic carbocycles. The minimum Gasteiger partial charge on any atom is -0.482 e. The lowest BCUT2D eigenvalue weighted by Gasteiger charge is -2.26. The van der Waals surface area contributed by atoms with E-state index in [1.54, 1.807) is 31.2 Å². The fourth-order valence-electron chi connectivity index (χ4n) is 3.44. The molecule has 0 radical (unpaired) electrons. The van der Waals surface area contributed by atoms with Gasteiger partial charge in [-0.1, -0.05) is 30.2 Å². The normalized spacial score (nSPS) is 14.5. The summed E-state index contributed by atoms with van der Waals surface area (Å²) < 4.78 is 37.4. The van der Waals surface area contributed by atoms with E-state index in [2.05, 4.69) is 5.32 Å². The zero-order valence-corrected chi connectivity index (χ0v) is 20.0. The van der Waals surface area contributed by atoms with E-state index in [0.717, 1.165) is 24.8 Å². The molecule has 1 N–H and O–H groups in total. The molecule has 1 saturated heterocycles. The Bertz CT molecular complexity index is 1080. The van der Waals surface area contributed by atoms with Crippen LogP contribution in [0.4, 0.5) is 5.69 Å². The predicted octanol–water partition coefficient (Wildman–Crippen LogP) is 3.64. The van der Waals surface area contributed by atoms with Crippen LogP contribution in [0.25, 0.3) is 0 Å². The zero-order chi connectivity index (χ0) is 23.8. The maximum Gasteiger partial charge on any atom is 0.310 e. The number of amides is 1. The molecule has 0 spiro atoms. The van der Waals surface area contributed by atoms with Crippen molar-refractivity contribution in [3.05, 3.63) is 53.1 Å². The highest BCUT2D eigenvalue weighted by Crippen LogP contribution is 2.29. The number of hydrogen-bond acceptors (Lipinski definition) is 6. The zero-order valence-electron chi connectivity index (χ0n) is 18.4. The van der Waals surface area contributed by atoms with Gasteiger partial charge in [0.25, 0.3) is 5.91 Å². The van der Waals surface area contributed by atoms with Crippen LogP contribution in [-0.4, -0.2) is 50.9 Å². The van der Waals surface area contributed by atoms with E-state index in [9.17, 15) is 18.0 Å². The quantitative estimate of drug-likeness (QED) is 0.534. The molecule has 2 aromatic rings. The van der Waals surface area contributed by atoms with Gasteiger partial charge in [0, 0.05) is 18.8 Å². The standard InChI is InChI=1S/C23H27ClN2O6S/c1-2-31-23(28)14-17-6-8-18(9-7-17)25-22(27)16-32-21-11-10-19(15-20(21)24)33(29,30)26-12-4-3-5-13-26/h6-11,15H,2-5,12-14,16H2,1H3,(H,25,27). The first-order valence-electron chi connectivity index (χ1n) is 10.8. The van der Waals surface area contributed by atoms with Crippen LogP contribution >= 0.6 is 11.6 Å². The fraction of sp³-hybridized carbons (Fsp3) is 0.391. The number of anilines is 1. The number of halogens is 1. The largest absolute Gasteiger partial charge is 0.482 e. The first kappa shape index (κ1) is 25.0. The minimum absolute atomic E-state index is 0.106. The van der Waals surface area contributed by atoms with E-state index < -0.39 is 15.9 Å². The number of esters is 1. The molecule has 0 unspecified atom stereocenters. The van der Waals surface area contributed by atoms with Crippen molar-refractivity contribution in [2.45, 2.75) is 37.5 Å². The van der Waals surface area contributed by atoms with Gasteiger partial charge in [-0.15, -0.1) is 0 Å². The van der Waals surface area contributed by atoms with Gasteiger partial charge in [-0.25, -0.2) is 8.42 Å². The number of carbonyl (C=O) groups is 2. The molecule has 1 amide bonds. The van der Waals surface area contributed by atoms with E-state index in [1.807, 2.05) is 0 Å². The van der Waals surface area contributed by atoms with Gasteiger partial charge in [0.15, 0.2) is 6.61 Å². The SMILES string of the molecule is CCOC(=O)Cc1ccc(NC(=O)COc2ccc(S(=O)(=O)N3CCCCC3)cc2Cl)cc1. The second-order valence-corrected chi connectivity index (χ2v) is 9.92. The number of carbonyl (C=O) groups excluding carboxylic acids is 2. The van der Waals surface area contributed by atoms with Gasteiger partial charge >= 0.3 is 5.97 Å². The third kappa shape index (κ3) is 6.93. The Morgan fingerprint density at radius 1 is 1.06 bits per heavy atom. The van der Waals surface area contributed by atoms with Gasteiger partial charge in [-0.05, 0) is 55.7 Å². The molecular weight excluding hydrogens is 468 g/mol. The maximum atomic E-state index is 12.8. The van der Waals surface area contributed by atoms with Crippen molar-refractivity contribution in [3.63, 3.8) is 0 Å². The highest BCUT2D eigenvalue weighted by atomic mass is 35.5. The van der Waals surface area contributed by atoms with Gasteiger partial charge in [-0.3, -0.25) is 9.59 Å². The average molecular weight is 495 g/mol. The second-order valence-electron chi connectivity index (χ2n) is 7.57. The van der Waals surface area contributed by atoms with Crippen LogP contribution in [0.3, 0.4) is 0 Å². The molecule has 1 fully saturated rings. The van der Waals surface area contributed by atoms with E-state index >= 15 is 0 Å². The number of sulfonamides is 1. The summed E-state index contributed by atoms with van der Waals surface area (Å²) in [5, 5.41) is 2.81. The van der Waals surface area contributed by atoms with Gasteiger partial charge in [0.2, 0.25) is 10.0 Å². The second kappa shape index (κ2) is 11.5. The molecule has 178 valence electrons. The maximum absolute atomic E-state index is 12.8. The van der Waals surface area contributed by atoms with E-state index in [0.29, 0.717) is 25.4 Å². The van der Waals surface area contributed by atoms with E-state index in [-0.39, 0.29) is 34.7 Å². The monoisotopic (exact) mass is 494 g/mol. The summed E-state index contributed by atoms with van der Waals surface area (Å²) in [5.74, 6) is -0.502. The third-order valence-electron chi connectivity index (χ3n) is 5.11. The molecule has 0 aromatic heterocycles. The number of hydrogen-bond donors (Lipinski definition) is 1. The van der Waals surface area contributed by atoms with Crippen LogP contribution < -0.4 is 10.1 Å². The van der Waals surface area contributed by atoms with Crippen molar-refractivity contribution in [2.24, 2.45) is 0 Å². The molecular formula is C23H27ClN2O6S. The number of rotatable bonds is 9. The number of nitrogens with zero attached hydrogens (tertiary/aromatic N) is 1. The van der Waals surface area contributed by atoms with Gasteiger partial charge in [-0.2, -0.15) is 4.31 Å². The minimum atomic E-state index is -3.60. The molecule has 1 aliphatic heterocycles. The van der Waals surface area contributed by atoms with Crippen LogP contribution in [0.5, 0.6) is 5.75 Å². The molecule has 10 heteroatoms. The summed E-state index contributed by atoms with van der Waals surface area (Å²) in [5.41, 5.74) is 1.32. The van der Waals surface area contributed by atoms with Crippen LogP contribution in [0, 0.1) is 0 Å². The highest BCUT2D eigenvalue weighted by Gasteiger charge is 2.26. The molecule has 8 nitrogen and oxygen atoms in total. The Hall–Kier alpha value is -2.62. The highest BCUT2D eigenvalue weighted by molar-refractivity contribution is 7.89. The van der Waals surface area contributed by atoms with Gasteiger partial charge in [0.05, 0.1) is 22.9 Å². The molecule has 2 aromatic carbocycles. The Labute approximate surface area is 198 Å².